The fraction of sp³-hybridized carbons (Fsp3) is 0.200. The molecule has 0 saturated carbocycles. The van der Waals surface area contributed by atoms with E-state index in [-0.39, 0.29) is 16.4 Å². The summed E-state index contributed by atoms with van der Waals surface area (Å²) in [7, 11) is -3.82. The summed E-state index contributed by atoms with van der Waals surface area (Å²) in [6, 6.07) is 22.7. The highest BCUT2D eigenvalue weighted by atomic mass is 32.2. The largest absolute Gasteiger partial charge is 0.444 e. The number of esters is 1. The Bertz CT molecular complexity index is 1230. The second kappa shape index (κ2) is 10.5. The van der Waals surface area contributed by atoms with Gasteiger partial charge in [0.15, 0.2) is 0 Å². The SMILES string of the molecule is O=C(OC(C(=O)N1CCOCC1)c1ccccc1)c1ccc(S(=O)(=O)Nc2ccccc2)cc1. The normalized spacial score (nSPS) is 14.8. The van der Waals surface area contributed by atoms with Crippen molar-refractivity contribution in [1.82, 2.24) is 4.90 Å². The summed E-state index contributed by atoms with van der Waals surface area (Å²) >= 11 is 0. The lowest BCUT2D eigenvalue weighted by Gasteiger charge is -2.30. The van der Waals surface area contributed by atoms with E-state index in [4.69, 9.17) is 9.47 Å². The predicted octanol–water partition coefficient (Wildman–Crippen LogP) is 3.24. The highest BCUT2D eigenvalue weighted by Crippen LogP contribution is 2.23. The zero-order valence-electron chi connectivity index (χ0n) is 18.3. The molecule has 1 amide bonds. The van der Waals surface area contributed by atoms with Gasteiger partial charge in [-0.3, -0.25) is 9.52 Å². The number of benzene rings is 3. The van der Waals surface area contributed by atoms with Gasteiger partial charge in [-0.25, -0.2) is 13.2 Å². The van der Waals surface area contributed by atoms with Crippen LogP contribution in [-0.2, 0) is 24.3 Å². The molecule has 1 atom stereocenters. The number of hydrogen-bond donors (Lipinski definition) is 1. The summed E-state index contributed by atoms with van der Waals surface area (Å²) in [6.45, 7) is 1.68. The maximum Gasteiger partial charge on any atom is 0.339 e. The van der Waals surface area contributed by atoms with Crippen LogP contribution in [0.1, 0.15) is 22.0 Å². The third kappa shape index (κ3) is 5.62. The maximum absolute atomic E-state index is 13.1. The molecule has 1 heterocycles. The molecule has 0 bridgehead atoms. The van der Waals surface area contributed by atoms with Crippen LogP contribution in [0.4, 0.5) is 5.69 Å². The van der Waals surface area contributed by atoms with Crippen molar-refractivity contribution in [1.29, 1.82) is 0 Å². The Balaban J connectivity index is 1.51. The van der Waals surface area contributed by atoms with Crippen LogP contribution in [-0.4, -0.2) is 51.5 Å². The number of ether oxygens (including phenoxy) is 2. The average Bonchev–Trinajstić information content (AvgIpc) is 2.88. The number of amides is 1. The Morgan fingerprint density at radius 3 is 2.06 bits per heavy atom. The van der Waals surface area contributed by atoms with Crippen molar-refractivity contribution in [3.05, 3.63) is 96.1 Å². The van der Waals surface area contributed by atoms with Gasteiger partial charge in [0.05, 0.1) is 23.7 Å². The number of rotatable bonds is 7. The highest BCUT2D eigenvalue weighted by molar-refractivity contribution is 7.92. The second-order valence-corrected chi connectivity index (χ2v) is 9.31. The summed E-state index contributed by atoms with van der Waals surface area (Å²) in [6.07, 6.45) is -1.12. The highest BCUT2D eigenvalue weighted by Gasteiger charge is 2.31. The van der Waals surface area contributed by atoms with Crippen molar-refractivity contribution in [2.24, 2.45) is 0 Å². The summed E-state index contributed by atoms with van der Waals surface area (Å²) < 4.78 is 38.7. The predicted molar refractivity (Wildman–Crippen MR) is 126 cm³/mol. The Morgan fingerprint density at radius 1 is 0.853 bits per heavy atom. The Hall–Kier alpha value is -3.69. The van der Waals surface area contributed by atoms with Gasteiger partial charge in [0, 0.05) is 24.3 Å². The second-order valence-electron chi connectivity index (χ2n) is 7.63. The lowest BCUT2D eigenvalue weighted by atomic mass is 10.1. The number of hydrogen-bond acceptors (Lipinski definition) is 6. The number of carbonyl (C=O) groups excluding carboxylic acids is 2. The molecule has 1 aliphatic heterocycles. The van der Waals surface area contributed by atoms with Gasteiger partial charge >= 0.3 is 5.97 Å². The fourth-order valence-corrected chi connectivity index (χ4v) is 4.56. The standard InChI is InChI=1S/C25H24N2O6S/c28-24(27-15-17-32-18-16-27)23(19-7-3-1-4-8-19)33-25(29)20-11-13-22(14-12-20)34(30,31)26-21-9-5-2-6-10-21/h1-14,23,26H,15-18H2. The van der Waals surface area contributed by atoms with Crippen LogP contribution in [0, 0.1) is 0 Å². The lowest BCUT2D eigenvalue weighted by Crippen LogP contribution is -2.44. The van der Waals surface area contributed by atoms with Crippen LogP contribution in [0.15, 0.2) is 89.8 Å². The first kappa shape index (κ1) is 23.5. The van der Waals surface area contributed by atoms with Gasteiger partial charge < -0.3 is 14.4 Å². The van der Waals surface area contributed by atoms with Crippen LogP contribution in [0.25, 0.3) is 0 Å². The van der Waals surface area contributed by atoms with E-state index < -0.39 is 22.1 Å². The third-order valence-electron chi connectivity index (χ3n) is 5.30. The van der Waals surface area contributed by atoms with E-state index >= 15 is 0 Å². The topological polar surface area (TPSA) is 102 Å². The van der Waals surface area contributed by atoms with Gasteiger partial charge in [-0.05, 0) is 36.4 Å². The Morgan fingerprint density at radius 2 is 1.44 bits per heavy atom. The van der Waals surface area contributed by atoms with Crippen molar-refractivity contribution in [3.8, 4) is 0 Å². The molecular weight excluding hydrogens is 456 g/mol. The molecule has 3 aromatic rings. The first-order valence-corrected chi connectivity index (χ1v) is 12.2. The molecule has 3 aromatic carbocycles. The van der Waals surface area contributed by atoms with Gasteiger partial charge in [-0.1, -0.05) is 48.5 Å². The molecule has 1 aliphatic rings. The number of para-hydroxylation sites is 1. The van der Waals surface area contributed by atoms with Crippen LogP contribution in [0.5, 0.6) is 0 Å². The van der Waals surface area contributed by atoms with Crippen LogP contribution >= 0.6 is 0 Å². The van der Waals surface area contributed by atoms with Crippen molar-refractivity contribution in [2.45, 2.75) is 11.0 Å². The van der Waals surface area contributed by atoms with Gasteiger partial charge in [0.1, 0.15) is 0 Å². The summed E-state index contributed by atoms with van der Waals surface area (Å²) in [5.41, 5.74) is 1.12. The molecule has 9 heteroatoms. The molecule has 34 heavy (non-hydrogen) atoms. The van der Waals surface area contributed by atoms with E-state index in [9.17, 15) is 18.0 Å². The van der Waals surface area contributed by atoms with E-state index in [1.807, 2.05) is 6.07 Å². The van der Waals surface area contributed by atoms with Crippen molar-refractivity contribution < 1.29 is 27.5 Å². The van der Waals surface area contributed by atoms with E-state index in [0.29, 0.717) is 37.6 Å². The van der Waals surface area contributed by atoms with Gasteiger partial charge in [-0.15, -0.1) is 0 Å². The van der Waals surface area contributed by atoms with E-state index in [1.165, 1.54) is 24.3 Å². The van der Waals surface area contributed by atoms with Crippen molar-refractivity contribution in [3.63, 3.8) is 0 Å². The molecule has 1 saturated heterocycles. The monoisotopic (exact) mass is 480 g/mol. The van der Waals surface area contributed by atoms with Crippen LogP contribution in [0.3, 0.4) is 0 Å². The quantitative estimate of drug-likeness (QED) is 0.521. The van der Waals surface area contributed by atoms with Crippen LogP contribution in [0.2, 0.25) is 0 Å². The van der Waals surface area contributed by atoms with E-state index in [2.05, 4.69) is 4.72 Å². The molecule has 176 valence electrons. The summed E-state index contributed by atoms with van der Waals surface area (Å²) in [5.74, 6) is -1.05. The Labute approximate surface area is 198 Å². The van der Waals surface area contributed by atoms with Gasteiger partial charge in [0.25, 0.3) is 15.9 Å². The number of sulfonamides is 1. The molecule has 8 nitrogen and oxygen atoms in total. The van der Waals surface area contributed by atoms with Crippen LogP contribution < -0.4 is 4.72 Å². The van der Waals surface area contributed by atoms with Gasteiger partial charge in [0.2, 0.25) is 6.10 Å². The number of anilines is 1. The minimum Gasteiger partial charge on any atom is -0.444 e. The molecule has 0 spiro atoms. The molecule has 1 unspecified atom stereocenters. The minimum atomic E-state index is -3.82. The summed E-state index contributed by atoms with van der Waals surface area (Å²) in [4.78, 5) is 27.6. The molecule has 0 aliphatic carbocycles. The number of carbonyl (C=O) groups is 2. The van der Waals surface area contributed by atoms with E-state index in [0.717, 1.165) is 0 Å². The van der Waals surface area contributed by atoms with Crippen molar-refractivity contribution >= 4 is 27.6 Å². The fourth-order valence-electron chi connectivity index (χ4n) is 3.50. The molecular formula is C25H24N2O6S. The van der Waals surface area contributed by atoms with E-state index in [1.54, 1.807) is 59.5 Å². The third-order valence-corrected chi connectivity index (χ3v) is 6.70. The lowest BCUT2D eigenvalue weighted by molar-refractivity contribution is -0.145. The molecule has 0 radical (unpaired) electrons. The zero-order chi connectivity index (χ0) is 24.0. The molecule has 4 rings (SSSR count). The number of nitrogens with zero attached hydrogens (tertiary/aromatic N) is 1. The smallest absolute Gasteiger partial charge is 0.339 e. The first-order valence-electron chi connectivity index (χ1n) is 10.7. The average molecular weight is 481 g/mol. The minimum absolute atomic E-state index is 0.00287. The Kier molecular flexibility index (Phi) is 7.24. The molecule has 0 aromatic heterocycles. The van der Waals surface area contributed by atoms with Gasteiger partial charge in [-0.2, -0.15) is 0 Å². The first-order chi connectivity index (χ1) is 16.4. The molecule has 1 fully saturated rings. The maximum atomic E-state index is 13.1. The molecule has 1 N–H and O–H groups in total. The van der Waals surface area contributed by atoms with Crippen molar-refractivity contribution in [2.75, 3.05) is 31.0 Å². The summed E-state index contributed by atoms with van der Waals surface area (Å²) in [5, 5.41) is 0. The number of nitrogens with one attached hydrogen (secondary N) is 1. The zero-order valence-corrected chi connectivity index (χ0v) is 19.1. The number of morpholine rings is 1.